The van der Waals surface area contributed by atoms with Gasteiger partial charge in [-0.3, -0.25) is 0 Å². The van der Waals surface area contributed by atoms with Crippen molar-refractivity contribution in [2.24, 2.45) is 5.92 Å². The van der Waals surface area contributed by atoms with E-state index in [4.69, 9.17) is 4.74 Å². The van der Waals surface area contributed by atoms with Gasteiger partial charge in [-0.15, -0.1) is 0 Å². The first-order chi connectivity index (χ1) is 7.35. The van der Waals surface area contributed by atoms with Crippen molar-refractivity contribution in [3.05, 3.63) is 35.9 Å². The molecule has 2 unspecified atom stereocenters. The molecule has 0 fully saturated rings. The molecule has 1 N–H and O–H groups in total. The summed E-state index contributed by atoms with van der Waals surface area (Å²) in [5.41, 5.74) is 1.11. The molecule has 1 aromatic carbocycles. The Morgan fingerprint density at radius 3 is 2.93 bits per heavy atom. The molecule has 2 atom stereocenters. The number of aliphatic hydroxyl groups excluding tert-OH is 1. The zero-order valence-corrected chi connectivity index (χ0v) is 8.89. The van der Waals surface area contributed by atoms with Crippen LogP contribution in [0, 0.1) is 5.92 Å². The maximum Gasteiger partial charge on any atom is 0.127 e. The fraction of sp³-hybridized carbons (Fsp3) is 0.385. The van der Waals surface area contributed by atoms with Crippen LogP contribution in [-0.4, -0.2) is 17.8 Å². The lowest BCUT2D eigenvalue weighted by Crippen LogP contribution is -2.28. The zero-order chi connectivity index (χ0) is 10.7. The summed E-state index contributed by atoms with van der Waals surface area (Å²) >= 11 is 0. The average Bonchev–Trinajstić information content (AvgIpc) is 2.30. The molecule has 0 aliphatic carbocycles. The number of fused-ring (bicyclic) bond motifs is 1. The monoisotopic (exact) mass is 204 g/mol. The zero-order valence-electron chi connectivity index (χ0n) is 8.89. The molecule has 0 saturated carbocycles. The Morgan fingerprint density at radius 1 is 1.40 bits per heavy atom. The highest BCUT2D eigenvalue weighted by atomic mass is 16.5. The van der Waals surface area contributed by atoms with Crippen molar-refractivity contribution < 1.29 is 9.84 Å². The van der Waals surface area contributed by atoms with Gasteiger partial charge in [-0.1, -0.05) is 31.2 Å². The fourth-order valence-electron chi connectivity index (χ4n) is 1.83. The van der Waals surface area contributed by atoms with Crippen molar-refractivity contribution >= 4 is 6.08 Å². The Bertz CT molecular complexity index is 353. The molecule has 2 nitrogen and oxygen atoms in total. The molecule has 0 amide bonds. The molecule has 2 heteroatoms. The van der Waals surface area contributed by atoms with Gasteiger partial charge in [0, 0.05) is 18.1 Å². The molecule has 1 heterocycles. The third-order valence-corrected chi connectivity index (χ3v) is 2.87. The second-order valence-corrected chi connectivity index (χ2v) is 3.83. The molecule has 0 aromatic heterocycles. The van der Waals surface area contributed by atoms with E-state index < -0.39 is 0 Å². The van der Waals surface area contributed by atoms with Gasteiger partial charge in [0.05, 0.1) is 0 Å². The van der Waals surface area contributed by atoms with E-state index in [9.17, 15) is 5.11 Å². The maximum atomic E-state index is 9.21. The molecule has 1 aromatic rings. The van der Waals surface area contributed by atoms with Gasteiger partial charge in [-0.05, 0) is 18.6 Å². The molecule has 15 heavy (non-hydrogen) atoms. The summed E-state index contributed by atoms with van der Waals surface area (Å²) in [5.74, 6) is 1.10. The highest BCUT2D eigenvalue weighted by Crippen LogP contribution is 2.28. The number of aliphatic hydroxyl groups is 1. The van der Waals surface area contributed by atoms with Gasteiger partial charge in [0.15, 0.2) is 0 Å². The van der Waals surface area contributed by atoms with Gasteiger partial charge >= 0.3 is 0 Å². The summed E-state index contributed by atoms with van der Waals surface area (Å²) in [6, 6.07) is 7.96. The Hall–Kier alpha value is -1.28. The predicted octanol–water partition coefficient (Wildman–Crippen LogP) is 2.48. The minimum absolute atomic E-state index is 0.00917. The van der Waals surface area contributed by atoms with Gasteiger partial charge in [-0.25, -0.2) is 0 Å². The van der Waals surface area contributed by atoms with Crippen LogP contribution in [0.25, 0.3) is 6.08 Å². The van der Waals surface area contributed by atoms with Crippen LogP contribution in [0.3, 0.4) is 0 Å². The van der Waals surface area contributed by atoms with Crippen molar-refractivity contribution in [2.45, 2.75) is 19.4 Å². The third kappa shape index (κ3) is 2.05. The topological polar surface area (TPSA) is 29.5 Å². The highest BCUT2D eigenvalue weighted by Gasteiger charge is 2.21. The molecule has 0 radical (unpaired) electrons. The summed E-state index contributed by atoms with van der Waals surface area (Å²) in [6.45, 7) is 2.24. The van der Waals surface area contributed by atoms with Crippen LogP contribution in [-0.2, 0) is 0 Å². The predicted molar refractivity (Wildman–Crippen MR) is 60.8 cm³/mol. The number of hydrogen-bond acceptors (Lipinski definition) is 2. The molecular weight excluding hydrogens is 188 g/mol. The summed E-state index contributed by atoms with van der Waals surface area (Å²) in [7, 11) is 0. The number of hydrogen-bond donors (Lipinski definition) is 1. The summed E-state index contributed by atoms with van der Waals surface area (Å²) < 4.78 is 5.83. The molecule has 1 aliphatic heterocycles. The van der Waals surface area contributed by atoms with Crippen LogP contribution in [0.2, 0.25) is 0 Å². The molecule has 80 valence electrons. The van der Waals surface area contributed by atoms with E-state index in [0.29, 0.717) is 0 Å². The van der Waals surface area contributed by atoms with Crippen LogP contribution in [0.15, 0.2) is 30.3 Å². The number of rotatable bonds is 3. The standard InChI is InChI=1S/C13H16O2/c1-2-10(9-14)13-8-7-11-5-3-4-6-12(11)15-13/h3-8,10,13-14H,2,9H2,1H3. The number of benzene rings is 1. The van der Waals surface area contributed by atoms with Crippen molar-refractivity contribution in [3.8, 4) is 5.75 Å². The summed E-state index contributed by atoms with van der Waals surface area (Å²) in [6.07, 6.45) is 5.04. The molecule has 0 spiro atoms. The van der Waals surface area contributed by atoms with Crippen molar-refractivity contribution in [2.75, 3.05) is 6.61 Å². The smallest absolute Gasteiger partial charge is 0.127 e. The van der Waals surface area contributed by atoms with Gasteiger partial charge in [-0.2, -0.15) is 0 Å². The van der Waals surface area contributed by atoms with E-state index in [1.807, 2.05) is 30.3 Å². The van der Waals surface area contributed by atoms with Crippen LogP contribution in [0.5, 0.6) is 5.75 Å². The van der Waals surface area contributed by atoms with E-state index in [2.05, 4.69) is 13.0 Å². The first-order valence-electron chi connectivity index (χ1n) is 5.40. The third-order valence-electron chi connectivity index (χ3n) is 2.87. The Labute approximate surface area is 90.2 Å². The van der Waals surface area contributed by atoms with Crippen molar-refractivity contribution in [1.29, 1.82) is 0 Å². The molecule has 1 aliphatic rings. The SMILES string of the molecule is CCC(CO)C1C=Cc2ccccc2O1. The minimum atomic E-state index is 0.00917. The Kier molecular flexibility index (Phi) is 3.07. The summed E-state index contributed by atoms with van der Waals surface area (Å²) in [4.78, 5) is 0. The van der Waals surface area contributed by atoms with Gasteiger partial charge in [0.2, 0.25) is 0 Å². The normalized spacial score (nSPS) is 20.5. The van der Waals surface area contributed by atoms with Gasteiger partial charge in [0.1, 0.15) is 11.9 Å². The van der Waals surface area contributed by atoms with E-state index >= 15 is 0 Å². The largest absolute Gasteiger partial charge is 0.485 e. The van der Waals surface area contributed by atoms with Crippen molar-refractivity contribution in [3.63, 3.8) is 0 Å². The van der Waals surface area contributed by atoms with E-state index in [1.54, 1.807) is 0 Å². The fourth-order valence-corrected chi connectivity index (χ4v) is 1.83. The quantitative estimate of drug-likeness (QED) is 0.819. The van der Waals surface area contributed by atoms with Gasteiger partial charge in [0.25, 0.3) is 0 Å². The molecule has 0 bridgehead atoms. The van der Waals surface area contributed by atoms with E-state index in [1.165, 1.54) is 0 Å². The molecule has 2 rings (SSSR count). The van der Waals surface area contributed by atoms with E-state index in [-0.39, 0.29) is 18.6 Å². The van der Waals surface area contributed by atoms with Crippen LogP contribution in [0.4, 0.5) is 0 Å². The first-order valence-corrected chi connectivity index (χ1v) is 5.40. The van der Waals surface area contributed by atoms with Gasteiger partial charge < -0.3 is 9.84 Å². The molecule has 0 saturated heterocycles. The lowest BCUT2D eigenvalue weighted by atomic mass is 9.97. The van der Waals surface area contributed by atoms with E-state index in [0.717, 1.165) is 17.7 Å². The van der Waals surface area contributed by atoms with Crippen LogP contribution >= 0.6 is 0 Å². The average molecular weight is 204 g/mol. The van der Waals surface area contributed by atoms with Crippen molar-refractivity contribution in [1.82, 2.24) is 0 Å². The Morgan fingerprint density at radius 2 is 2.20 bits per heavy atom. The second kappa shape index (κ2) is 4.49. The van der Waals surface area contributed by atoms with Crippen LogP contribution < -0.4 is 4.74 Å². The highest BCUT2D eigenvalue weighted by molar-refractivity contribution is 5.59. The number of ether oxygens (including phenoxy) is 1. The number of para-hydroxylation sites is 1. The second-order valence-electron chi connectivity index (χ2n) is 3.83. The minimum Gasteiger partial charge on any atom is -0.485 e. The van der Waals surface area contributed by atoms with Crippen LogP contribution in [0.1, 0.15) is 18.9 Å². The summed E-state index contributed by atoms with van der Waals surface area (Å²) in [5, 5.41) is 9.21. The first kappa shape index (κ1) is 10.2. The maximum absolute atomic E-state index is 9.21. The molecular formula is C13H16O2. The Balaban J connectivity index is 2.18. The lowest BCUT2D eigenvalue weighted by molar-refractivity contribution is 0.113. The lowest BCUT2D eigenvalue weighted by Gasteiger charge is -2.26.